The number of aryl methyl sites for hydroxylation is 2. The molecule has 0 atom stereocenters. The van der Waals surface area contributed by atoms with Crippen LogP contribution in [0.25, 0.3) is 22.3 Å². The van der Waals surface area contributed by atoms with Crippen LogP contribution in [0.5, 0.6) is 0 Å². The van der Waals surface area contributed by atoms with Crippen LogP contribution < -0.4 is 11.1 Å². The van der Waals surface area contributed by atoms with Gasteiger partial charge < -0.3 is 11.1 Å². The van der Waals surface area contributed by atoms with E-state index in [2.05, 4.69) is 52.0 Å². The van der Waals surface area contributed by atoms with Gasteiger partial charge in [0.05, 0.1) is 11.1 Å². The molecule has 0 spiro atoms. The predicted molar refractivity (Wildman–Crippen MR) is 107 cm³/mol. The van der Waals surface area contributed by atoms with E-state index in [1.165, 1.54) is 10.4 Å². The highest BCUT2D eigenvalue weighted by Crippen LogP contribution is 2.31. The average Bonchev–Trinajstić information content (AvgIpc) is 3.23. The van der Waals surface area contributed by atoms with E-state index in [0.29, 0.717) is 17.4 Å². The fourth-order valence-corrected chi connectivity index (χ4v) is 3.66. The third-order valence-electron chi connectivity index (χ3n) is 4.27. The van der Waals surface area contributed by atoms with Crippen LogP contribution >= 0.6 is 11.3 Å². The van der Waals surface area contributed by atoms with Gasteiger partial charge in [0, 0.05) is 24.0 Å². The molecular weight excluding hydrogens is 344 g/mol. The highest BCUT2D eigenvalue weighted by molar-refractivity contribution is 7.09. The smallest absolute Gasteiger partial charge is 0.225 e. The molecule has 7 heteroatoms. The fraction of sp³-hybridized carbons (Fsp3) is 0.211. The SMILES string of the molecule is Cc1cccc(-c2nc(NCCc3cccs3)nc3nn(C)c(N)c23)c1. The summed E-state index contributed by atoms with van der Waals surface area (Å²) in [6.45, 7) is 2.83. The second-order valence-corrected chi connectivity index (χ2v) is 7.26. The van der Waals surface area contributed by atoms with Gasteiger partial charge in [0.2, 0.25) is 5.95 Å². The first-order valence-electron chi connectivity index (χ1n) is 8.45. The molecule has 4 aromatic rings. The third-order valence-corrected chi connectivity index (χ3v) is 5.20. The fourth-order valence-electron chi connectivity index (χ4n) is 2.95. The van der Waals surface area contributed by atoms with Gasteiger partial charge in [-0.1, -0.05) is 29.8 Å². The highest BCUT2D eigenvalue weighted by atomic mass is 32.1. The molecule has 3 N–H and O–H groups in total. The molecule has 3 aromatic heterocycles. The number of rotatable bonds is 5. The summed E-state index contributed by atoms with van der Waals surface area (Å²) in [5, 5.41) is 10.6. The molecule has 0 fully saturated rings. The molecule has 0 aliphatic rings. The lowest BCUT2D eigenvalue weighted by atomic mass is 10.1. The molecule has 26 heavy (non-hydrogen) atoms. The van der Waals surface area contributed by atoms with Gasteiger partial charge in [-0.3, -0.25) is 4.68 Å². The molecule has 0 amide bonds. The minimum atomic E-state index is 0.571. The zero-order valence-electron chi connectivity index (χ0n) is 14.7. The molecule has 0 saturated heterocycles. The van der Waals surface area contributed by atoms with Crippen molar-refractivity contribution in [1.82, 2.24) is 19.7 Å². The number of nitrogens with one attached hydrogen (secondary N) is 1. The van der Waals surface area contributed by atoms with Gasteiger partial charge in [-0.25, -0.2) is 4.98 Å². The van der Waals surface area contributed by atoms with Crippen LogP contribution in [0.4, 0.5) is 11.8 Å². The van der Waals surface area contributed by atoms with Crippen molar-refractivity contribution in [1.29, 1.82) is 0 Å². The lowest BCUT2D eigenvalue weighted by Crippen LogP contribution is -2.08. The van der Waals surface area contributed by atoms with E-state index in [9.17, 15) is 0 Å². The molecule has 0 aliphatic heterocycles. The standard InChI is InChI=1S/C19H20N6S/c1-12-5-3-6-13(11-12)16-15-17(20)25(2)24-18(15)23-19(22-16)21-9-8-14-7-4-10-26-14/h3-7,10-11H,8-9,20H2,1-2H3,(H,21,23,24). The Morgan fingerprint density at radius 2 is 2.08 bits per heavy atom. The number of nitrogen functional groups attached to an aromatic ring is 1. The molecule has 0 unspecified atom stereocenters. The summed E-state index contributed by atoms with van der Waals surface area (Å²) in [7, 11) is 1.82. The number of hydrogen-bond donors (Lipinski definition) is 2. The number of nitrogens with two attached hydrogens (primary N) is 1. The summed E-state index contributed by atoms with van der Waals surface area (Å²) in [6.07, 6.45) is 0.934. The third kappa shape index (κ3) is 3.13. The molecule has 4 rings (SSSR count). The summed E-state index contributed by atoms with van der Waals surface area (Å²) in [6, 6.07) is 12.4. The Hall–Kier alpha value is -2.93. The Balaban J connectivity index is 1.73. The molecular formula is C19H20N6S. The van der Waals surface area contributed by atoms with Crippen LogP contribution in [-0.2, 0) is 13.5 Å². The van der Waals surface area contributed by atoms with E-state index in [1.807, 2.05) is 19.2 Å². The van der Waals surface area contributed by atoms with Crippen molar-refractivity contribution < 1.29 is 0 Å². The normalized spacial score (nSPS) is 11.2. The number of hydrogen-bond acceptors (Lipinski definition) is 6. The molecule has 1 aromatic carbocycles. The van der Waals surface area contributed by atoms with Crippen LogP contribution in [0.2, 0.25) is 0 Å². The number of benzene rings is 1. The largest absolute Gasteiger partial charge is 0.383 e. The van der Waals surface area contributed by atoms with E-state index in [1.54, 1.807) is 16.0 Å². The minimum Gasteiger partial charge on any atom is -0.383 e. The van der Waals surface area contributed by atoms with Gasteiger partial charge in [0.25, 0.3) is 0 Å². The Kier molecular flexibility index (Phi) is 4.30. The van der Waals surface area contributed by atoms with Crippen molar-refractivity contribution in [2.24, 2.45) is 7.05 Å². The molecule has 6 nitrogen and oxygen atoms in total. The first-order chi connectivity index (χ1) is 12.6. The van der Waals surface area contributed by atoms with Crippen molar-refractivity contribution in [2.45, 2.75) is 13.3 Å². The topological polar surface area (TPSA) is 81.7 Å². The highest BCUT2D eigenvalue weighted by Gasteiger charge is 2.17. The number of aromatic nitrogens is 4. The van der Waals surface area contributed by atoms with Gasteiger partial charge in [0.15, 0.2) is 5.65 Å². The van der Waals surface area contributed by atoms with Crippen molar-refractivity contribution in [3.8, 4) is 11.3 Å². The number of thiophene rings is 1. The quantitative estimate of drug-likeness (QED) is 0.565. The summed E-state index contributed by atoms with van der Waals surface area (Å²) in [4.78, 5) is 10.6. The van der Waals surface area contributed by atoms with Gasteiger partial charge in [-0.2, -0.15) is 10.1 Å². The zero-order valence-corrected chi connectivity index (χ0v) is 15.5. The monoisotopic (exact) mass is 364 g/mol. The first kappa shape index (κ1) is 16.5. The average molecular weight is 364 g/mol. The van der Waals surface area contributed by atoms with Crippen molar-refractivity contribution in [3.63, 3.8) is 0 Å². The number of fused-ring (bicyclic) bond motifs is 1. The molecule has 0 aliphatic carbocycles. The van der Waals surface area contributed by atoms with Gasteiger partial charge in [-0.15, -0.1) is 11.3 Å². The van der Waals surface area contributed by atoms with Crippen LogP contribution in [0.3, 0.4) is 0 Å². The summed E-state index contributed by atoms with van der Waals surface area (Å²) in [5.74, 6) is 1.14. The lowest BCUT2D eigenvalue weighted by Gasteiger charge is -2.09. The van der Waals surface area contributed by atoms with Gasteiger partial charge in [0.1, 0.15) is 5.82 Å². The molecule has 0 radical (unpaired) electrons. The van der Waals surface area contributed by atoms with Crippen LogP contribution in [0.15, 0.2) is 41.8 Å². The van der Waals surface area contributed by atoms with E-state index < -0.39 is 0 Å². The van der Waals surface area contributed by atoms with Crippen LogP contribution in [0.1, 0.15) is 10.4 Å². The van der Waals surface area contributed by atoms with Gasteiger partial charge in [-0.05, 0) is 30.9 Å². The van der Waals surface area contributed by atoms with Crippen LogP contribution in [-0.4, -0.2) is 26.3 Å². The molecule has 3 heterocycles. The Bertz CT molecular complexity index is 1050. The van der Waals surface area contributed by atoms with E-state index in [4.69, 9.17) is 10.7 Å². The Morgan fingerprint density at radius 3 is 2.85 bits per heavy atom. The molecule has 132 valence electrons. The summed E-state index contributed by atoms with van der Waals surface area (Å²) in [5.41, 5.74) is 9.83. The Morgan fingerprint density at radius 1 is 1.19 bits per heavy atom. The van der Waals surface area contributed by atoms with Crippen molar-refractivity contribution in [3.05, 3.63) is 52.2 Å². The second kappa shape index (κ2) is 6.76. The van der Waals surface area contributed by atoms with Crippen molar-refractivity contribution >= 4 is 34.1 Å². The maximum Gasteiger partial charge on any atom is 0.225 e. The Labute approximate surface area is 155 Å². The summed E-state index contributed by atoms with van der Waals surface area (Å²) >= 11 is 1.75. The summed E-state index contributed by atoms with van der Waals surface area (Å²) < 4.78 is 1.65. The van der Waals surface area contributed by atoms with Crippen LogP contribution in [0, 0.1) is 6.92 Å². The predicted octanol–water partition coefficient (Wildman–Crippen LogP) is 3.64. The number of anilines is 2. The lowest BCUT2D eigenvalue weighted by molar-refractivity contribution is 0.787. The zero-order chi connectivity index (χ0) is 18.1. The number of nitrogens with zero attached hydrogens (tertiary/aromatic N) is 4. The molecule has 0 bridgehead atoms. The second-order valence-electron chi connectivity index (χ2n) is 6.23. The van der Waals surface area contributed by atoms with E-state index in [0.717, 1.165) is 29.6 Å². The minimum absolute atomic E-state index is 0.571. The molecule has 0 saturated carbocycles. The van der Waals surface area contributed by atoms with E-state index >= 15 is 0 Å². The first-order valence-corrected chi connectivity index (χ1v) is 9.33. The maximum atomic E-state index is 6.23. The maximum absolute atomic E-state index is 6.23. The van der Waals surface area contributed by atoms with Gasteiger partial charge >= 0.3 is 0 Å². The van der Waals surface area contributed by atoms with E-state index in [-0.39, 0.29) is 0 Å². The van der Waals surface area contributed by atoms with Crippen molar-refractivity contribution in [2.75, 3.05) is 17.6 Å².